The number of hydrogen-bond acceptors (Lipinski definition) is 4. The first-order chi connectivity index (χ1) is 9.38. The van der Waals surface area contributed by atoms with Crippen molar-refractivity contribution in [2.45, 2.75) is 39.0 Å². The van der Waals surface area contributed by atoms with Crippen molar-refractivity contribution >= 4 is 5.82 Å². The molecule has 2 N–H and O–H groups in total. The lowest BCUT2D eigenvalue weighted by Gasteiger charge is -2.19. The fourth-order valence-corrected chi connectivity index (χ4v) is 2.48. The van der Waals surface area contributed by atoms with Gasteiger partial charge in [-0.3, -0.25) is 0 Å². The molecule has 0 atom stereocenters. The van der Waals surface area contributed by atoms with Crippen molar-refractivity contribution in [2.24, 2.45) is 0 Å². The Bertz CT molecular complexity index is 547. The molecule has 5 heteroatoms. The third-order valence-electron chi connectivity index (χ3n) is 3.44. The highest BCUT2D eigenvalue weighted by molar-refractivity contribution is 5.55. The Morgan fingerprint density at radius 2 is 2.16 bits per heavy atom. The Hall–Kier alpha value is -1.91. The first-order valence-corrected chi connectivity index (χ1v) is 7.02. The van der Waals surface area contributed by atoms with Crippen molar-refractivity contribution in [3.8, 4) is 11.6 Å². The number of rotatable bonds is 4. The molecule has 100 valence electrons. The normalized spacial score (nSPS) is 14.2. The lowest BCUT2D eigenvalue weighted by atomic mass is 9.96. The minimum Gasteiger partial charge on any atom is -0.370 e. The van der Waals surface area contributed by atoms with Crippen molar-refractivity contribution in [3.05, 3.63) is 23.7 Å². The predicted octanol–water partition coefficient (Wildman–Crippen LogP) is 2.57. The van der Waals surface area contributed by atoms with Crippen molar-refractivity contribution < 1.29 is 0 Å². The van der Waals surface area contributed by atoms with E-state index in [4.69, 9.17) is 0 Å². The van der Waals surface area contributed by atoms with E-state index in [0.717, 1.165) is 37.4 Å². The van der Waals surface area contributed by atoms with Gasteiger partial charge in [0.2, 0.25) is 0 Å². The summed E-state index contributed by atoms with van der Waals surface area (Å²) in [6.07, 6.45) is 9.21. The number of aromatic nitrogens is 4. The standard InChI is InChI=1S/C14H19N5/c1-2-7-15-12-10-5-3-4-6-11(10)18-14(19-12)13-16-8-9-17-13/h8-9H,2-7H2,1H3,(H,16,17)(H,15,18,19). The van der Waals surface area contributed by atoms with E-state index in [2.05, 4.69) is 32.2 Å². The number of hydrogen-bond donors (Lipinski definition) is 2. The number of anilines is 1. The van der Waals surface area contributed by atoms with Crippen LogP contribution in [0.1, 0.15) is 37.4 Å². The fourth-order valence-electron chi connectivity index (χ4n) is 2.48. The zero-order valence-corrected chi connectivity index (χ0v) is 11.2. The fraction of sp³-hybridized carbons (Fsp3) is 0.500. The van der Waals surface area contributed by atoms with Gasteiger partial charge < -0.3 is 10.3 Å². The van der Waals surface area contributed by atoms with Crippen molar-refractivity contribution in [2.75, 3.05) is 11.9 Å². The number of imidazole rings is 1. The van der Waals surface area contributed by atoms with Gasteiger partial charge in [-0.15, -0.1) is 0 Å². The average molecular weight is 257 g/mol. The van der Waals surface area contributed by atoms with Gasteiger partial charge in [0.25, 0.3) is 0 Å². The van der Waals surface area contributed by atoms with Crippen LogP contribution in [0, 0.1) is 0 Å². The Morgan fingerprint density at radius 1 is 1.26 bits per heavy atom. The summed E-state index contributed by atoms with van der Waals surface area (Å²) in [5.74, 6) is 2.44. The molecule has 0 unspecified atom stereocenters. The van der Waals surface area contributed by atoms with Crippen LogP contribution in [0.5, 0.6) is 0 Å². The number of aromatic amines is 1. The van der Waals surface area contributed by atoms with Gasteiger partial charge in [0.05, 0.1) is 0 Å². The topological polar surface area (TPSA) is 66.5 Å². The lowest BCUT2D eigenvalue weighted by Crippen LogP contribution is -2.14. The van der Waals surface area contributed by atoms with Crippen LogP contribution in [0.2, 0.25) is 0 Å². The van der Waals surface area contributed by atoms with Gasteiger partial charge in [-0.05, 0) is 32.1 Å². The van der Waals surface area contributed by atoms with Crippen LogP contribution < -0.4 is 5.32 Å². The number of fused-ring (bicyclic) bond motifs is 1. The third-order valence-corrected chi connectivity index (χ3v) is 3.44. The number of aryl methyl sites for hydroxylation is 1. The summed E-state index contributed by atoms with van der Waals surface area (Å²) in [7, 11) is 0. The maximum atomic E-state index is 4.68. The molecule has 0 spiro atoms. The maximum Gasteiger partial charge on any atom is 0.197 e. The van der Waals surface area contributed by atoms with Gasteiger partial charge in [0, 0.05) is 30.2 Å². The molecule has 0 amide bonds. The van der Waals surface area contributed by atoms with Crippen LogP contribution in [0.15, 0.2) is 12.4 Å². The maximum absolute atomic E-state index is 4.68. The molecule has 0 fully saturated rings. The summed E-state index contributed by atoms with van der Waals surface area (Å²) < 4.78 is 0. The molecule has 2 heterocycles. The molecule has 5 nitrogen and oxygen atoms in total. The Balaban J connectivity index is 2.02. The van der Waals surface area contributed by atoms with Gasteiger partial charge in [-0.25, -0.2) is 15.0 Å². The predicted molar refractivity (Wildman–Crippen MR) is 75.0 cm³/mol. The molecule has 1 aliphatic rings. The summed E-state index contributed by atoms with van der Waals surface area (Å²) in [5.41, 5.74) is 2.49. The van der Waals surface area contributed by atoms with Crippen molar-refractivity contribution in [1.29, 1.82) is 0 Å². The summed E-state index contributed by atoms with van der Waals surface area (Å²) in [5, 5.41) is 3.43. The van der Waals surface area contributed by atoms with Crippen LogP contribution >= 0.6 is 0 Å². The highest BCUT2D eigenvalue weighted by Crippen LogP contribution is 2.27. The molecule has 0 saturated heterocycles. The molecule has 2 aromatic heterocycles. The second kappa shape index (κ2) is 5.38. The van der Waals surface area contributed by atoms with E-state index in [1.54, 1.807) is 12.4 Å². The van der Waals surface area contributed by atoms with E-state index >= 15 is 0 Å². The molecule has 0 aliphatic heterocycles. The number of nitrogens with one attached hydrogen (secondary N) is 2. The lowest BCUT2D eigenvalue weighted by molar-refractivity contribution is 0.664. The van der Waals surface area contributed by atoms with E-state index in [1.807, 2.05) is 0 Å². The first-order valence-electron chi connectivity index (χ1n) is 7.02. The van der Waals surface area contributed by atoms with Crippen molar-refractivity contribution in [3.63, 3.8) is 0 Å². The van der Waals surface area contributed by atoms with Crippen molar-refractivity contribution in [1.82, 2.24) is 19.9 Å². The first kappa shape index (κ1) is 12.1. The zero-order chi connectivity index (χ0) is 13.1. The van der Waals surface area contributed by atoms with Crippen LogP contribution in [0.4, 0.5) is 5.82 Å². The summed E-state index contributed by atoms with van der Waals surface area (Å²) >= 11 is 0. The molecule has 0 aromatic carbocycles. The SMILES string of the molecule is CCCNc1nc(-c2ncc[nH]2)nc2c1CCCC2. The van der Waals surface area contributed by atoms with E-state index in [0.29, 0.717) is 5.82 Å². The summed E-state index contributed by atoms with van der Waals surface area (Å²) in [4.78, 5) is 16.7. The van der Waals surface area contributed by atoms with E-state index in [9.17, 15) is 0 Å². The number of nitrogens with zero attached hydrogens (tertiary/aromatic N) is 3. The molecule has 0 saturated carbocycles. The Labute approximate surface area is 112 Å². The van der Waals surface area contributed by atoms with Crippen LogP contribution in [-0.2, 0) is 12.8 Å². The van der Waals surface area contributed by atoms with E-state index in [-0.39, 0.29) is 0 Å². The van der Waals surface area contributed by atoms with Crippen LogP contribution in [0.25, 0.3) is 11.6 Å². The summed E-state index contributed by atoms with van der Waals surface area (Å²) in [6, 6.07) is 0. The minimum atomic E-state index is 0.698. The second-order valence-electron chi connectivity index (χ2n) is 4.89. The minimum absolute atomic E-state index is 0.698. The van der Waals surface area contributed by atoms with E-state index < -0.39 is 0 Å². The number of H-pyrrole nitrogens is 1. The van der Waals surface area contributed by atoms with Gasteiger partial charge in [-0.1, -0.05) is 6.92 Å². The molecule has 19 heavy (non-hydrogen) atoms. The average Bonchev–Trinajstić information content (AvgIpc) is 2.98. The van der Waals surface area contributed by atoms with E-state index in [1.165, 1.54) is 24.1 Å². The summed E-state index contributed by atoms with van der Waals surface area (Å²) in [6.45, 7) is 3.11. The molecule has 3 rings (SSSR count). The third kappa shape index (κ3) is 2.45. The smallest absolute Gasteiger partial charge is 0.197 e. The highest BCUT2D eigenvalue weighted by Gasteiger charge is 2.18. The Kier molecular flexibility index (Phi) is 3.44. The molecular weight excluding hydrogens is 238 g/mol. The molecule has 1 aliphatic carbocycles. The second-order valence-corrected chi connectivity index (χ2v) is 4.89. The molecular formula is C14H19N5. The highest BCUT2D eigenvalue weighted by atomic mass is 15.1. The van der Waals surface area contributed by atoms with Gasteiger partial charge in [-0.2, -0.15) is 0 Å². The molecule has 2 aromatic rings. The van der Waals surface area contributed by atoms with Gasteiger partial charge >= 0.3 is 0 Å². The monoisotopic (exact) mass is 257 g/mol. The molecule has 0 radical (unpaired) electrons. The van der Waals surface area contributed by atoms with Crippen LogP contribution in [0.3, 0.4) is 0 Å². The Morgan fingerprint density at radius 3 is 2.95 bits per heavy atom. The quantitative estimate of drug-likeness (QED) is 0.883. The van der Waals surface area contributed by atoms with Crippen LogP contribution in [-0.4, -0.2) is 26.5 Å². The van der Waals surface area contributed by atoms with Gasteiger partial charge in [0.1, 0.15) is 5.82 Å². The largest absolute Gasteiger partial charge is 0.370 e. The van der Waals surface area contributed by atoms with Gasteiger partial charge in [0.15, 0.2) is 11.6 Å². The zero-order valence-electron chi connectivity index (χ0n) is 11.2. The molecule has 0 bridgehead atoms.